The fraction of sp³-hybridized carbons (Fsp3) is 0.500. The van der Waals surface area contributed by atoms with Gasteiger partial charge in [-0.3, -0.25) is 4.79 Å². The Bertz CT molecular complexity index is 449. The van der Waals surface area contributed by atoms with Crippen LogP contribution in [0.3, 0.4) is 0 Å². The highest BCUT2D eigenvalue weighted by Gasteiger charge is 2.25. The Morgan fingerprint density at radius 3 is 2.79 bits per heavy atom. The molecule has 2 unspecified atom stereocenters. The predicted molar refractivity (Wildman–Crippen MR) is 78.5 cm³/mol. The standard InChI is InChI=1S/C14H16BrClFNO/c15-9-5-2-1-3-8-12(9)18-14(19)13-10(16)6-4-7-11(13)17/h4,6-7,9,12H,1-3,5,8H2,(H,18,19). The highest BCUT2D eigenvalue weighted by Crippen LogP contribution is 2.25. The van der Waals surface area contributed by atoms with Crippen LogP contribution in [-0.4, -0.2) is 16.8 Å². The number of benzene rings is 1. The van der Waals surface area contributed by atoms with Crippen molar-refractivity contribution in [3.8, 4) is 0 Å². The Balaban J connectivity index is 2.12. The van der Waals surface area contributed by atoms with Crippen LogP contribution < -0.4 is 5.32 Å². The third kappa shape index (κ3) is 3.69. The predicted octanol–water partition coefficient (Wildman–Crippen LogP) is 4.31. The highest BCUT2D eigenvalue weighted by atomic mass is 79.9. The van der Waals surface area contributed by atoms with Gasteiger partial charge in [0.1, 0.15) is 5.82 Å². The lowest BCUT2D eigenvalue weighted by atomic mass is 10.1. The number of hydrogen-bond donors (Lipinski definition) is 1. The average Bonchev–Trinajstić information content (AvgIpc) is 2.55. The summed E-state index contributed by atoms with van der Waals surface area (Å²) in [6.07, 6.45) is 5.35. The highest BCUT2D eigenvalue weighted by molar-refractivity contribution is 9.09. The summed E-state index contributed by atoms with van der Waals surface area (Å²) in [5, 5.41) is 3.05. The van der Waals surface area contributed by atoms with E-state index in [9.17, 15) is 9.18 Å². The molecule has 1 aromatic carbocycles. The zero-order valence-electron chi connectivity index (χ0n) is 10.5. The van der Waals surface area contributed by atoms with E-state index in [2.05, 4.69) is 21.2 Å². The quantitative estimate of drug-likeness (QED) is 0.626. The van der Waals surface area contributed by atoms with E-state index in [1.807, 2.05) is 0 Å². The molecule has 1 amide bonds. The average molecular weight is 349 g/mol. The van der Waals surface area contributed by atoms with Crippen molar-refractivity contribution in [3.05, 3.63) is 34.6 Å². The third-order valence-electron chi connectivity index (χ3n) is 3.44. The normalized spacial score (nSPS) is 23.7. The maximum absolute atomic E-state index is 13.7. The summed E-state index contributed by atoms with van der Waals surface area (Å²) in [5.74, 6) is -1.01. The molecule has 1 aliphatic rings. The Morgan fingerprint density at radius 2 is 2.05 bits per heavy atom. The maximum Gasteiger partial charge on any atom is 0.256 e. The van der Waals surface area contributed by atoms with Crippen LogP contribution >= 0.6 is 27.5 Å². The van der Waals surface area contributed by atoms with Crippen molar-refractivity contribution in [2.24, 2.45) is 0 Å². The van der Waals surface area contributed by atoms with E-state index in [0.29, 0.717) is 0 Å². The van der Waals surface area contributed by atoms with Gasteiger partial charge in [-0.1, -0.05) is 52.9 Å². The van der Waals surface area contributed by atoms with Crippen molar-refractivity contribution in [2.75, 3.05) is 0 Å². The van der Waals surface area contributed by atoms with Crippen molar-refractivity contribution in [3.63, 3.8) is 0 Å². The molecule has 0 saturated heterocycles. The number of hydrogen-bond acceptors (Lipinski definition) is 1. The molecule has 5 heteroatoms. The van der Waals surface area contributed by atoms with E-state index in [1.165, 1.54) is 24.6 Å². The van der Waals surface area contributed by atoms with E-state index in [0.717, 1.165) is 25.7 Å². The van der Waals surface area contributed by atoms with Crippen LogP contribution in [0.15, 0.2) is 18.2 Å². The van der Waals surface area contributed by atoms with Crippen molar-refractivity contribution in [1.29, 1.82) is 0 Å². The number of nitrogens with one attached hydrogen (secondary N) is 1. The van der Waals surface area contributed by atoms with Crippen LogP contribution in [0.2, 0.25) is 5.02 Å². The molecule has 1 aromatic rings. The molecular formula is C14H16BrClFNO. The summed E-state index contributed by atoms with van der Waals surface area (Å²) in [4.78, 5) is 12.4. The van der Waals surface area contributed by atoms with Crippen molar-refractivity contribution in [2.45, 2.75) is 43.0 Å². The largest absolute Gasteiger partial charge is 0.348 e. The van der Waals surface area contributed by atoms with Gasteiger partial charge >= 0.3 is 0 Å². The topological polar surface area (TPSA) is 29.1 Å². The molecule has 2 nitrogen and oxygen atoms in total. The van der Waals surface area contributed by atoms with E-state index < -0.39 is 11.7 Å². The van der Waals surface area contributed by atoms with Crippen molar-refractivity contribution in [1.82, 2.24) is 5.32 Å². The van der Waals surface area contributed by atoms with Gasteiger partial charge < -0.3 is 5.32 Å². The number of halogens is 3. The summed E-state index contributed by atoms with van der Waals surface area (Å²) >= 11 is 9.50. The molecule has 1 saturated carbocycles. The van der Waals surface area contributed by atoms with Gasteiger partial charge in [0.15, 0.2) is 0 Å². The number of amides is 1. The van der Waals surface area contributed by atoms with Crippen LogP contribution in [0.1, 0.15) is 42.5 Å². The first-order chi connectivity index (χ1) is 9.09. The SMILES string of the molecule is O=C(NC1CCCCCC1Br)c1c(F)cccc1Cl. The molecular weight excluding hydrogens is 333 g/mol. The number of carbonyl (C=O) groups excluding carboxylic acids is 1. The van der Waals surface area contributed by atoms with Gasteiger partial charge in [0.25, 0.3) is 5.91 Å². The molecule has 104 valence electrons. The Kier molecular flexibility index (Phi) is 5.22. The van der Waals surface area contributed by atoms with E-state index in [1.54, 1.807) is 0 Å². The second-order valence-electron chi connectivity index (χ2n) is 4.83. The summed E-state index contributed by atoms with van der Waals surface area (Å²) in [7, 11) is 0. The molecule has 19 heavy (non-hydrogen) atoms. The molecule has 1 fully saturated rings. The van der Waals surface area contributed by atoms with E-state index in [-0.39, 0.29) is 21.5 Å². The van der Waals surface area contributed by atoms with Gasteiger partial charge in [-0.05, 0) is 25.0 Å². The molecule has 0 heterocycles. The summed E-state index contributed by atoms with van der Waals surface area (Å²) < 4.78 is 13.7. The maximum atomic E-state index is 13.7. The van der Waals surface area contributed by atoms with Crippen molar-refractivity contribution < 1.29 is 9.18 Å². The van der Waals surface area contributed by atoms with Crippen LogP contribution in [-0.2, 0) is 0 Å². The minimum atomic E-state index is -0.579. The first kappa shape index (κ1) is 14.8. The zero-order valence-corrected chi connectivity index (χ0v) is 12.8. The third-order valence-corrected chi connectivity index (χ3v) is 4.85. The van der Waals surface area contributed by atoms with Crippen LogP contribution in [0.5, 0.6) is 0 Å². The first-order valence-corrected chi connectivity index (χ1v) is 7.78. The Hall–Kier alpha value is -0.610. The fourth-order valence-corrected chi connectivity index (χ4v) is 3.35. The molecule has 0 aliphatic heterocycles. The smallest absolute Gasteiger partial charge is 0.256 e. The Morgan fingerprint density at radius 1 is 1.32 bits per heavy atom. The summed E-state index contributed by atoms with van der Waals surface area (Å²) in [5.41, 5.74) is -0.0619. The summed E-state index contributed by atoms with van der Waals surface area (Å²) in [6.45, 7) is 0. The second kappa shape index (κ2) is 6.71. The molecule has 1 aliphatic carbocycles. The molecule has 1 N–H and O–H groups in total. The monoisotopic (exact) mass is 347 g/mol. The number of alkyl halides is 1. The number of carbonyl (C=O) groups is 1. The lowest BCUT2D eigenvalue weighted by molar-refractivity contribution is 0.0931. The van der Waals surface area contributed by atoms with E-state index >= 15 is 0 Å². The van der Waals surface area contributed by atoms with Gasteiger partial charge in [-0.15, -0.1) is 0 Å². The van der Waals surface area contributed by atoms with E-state index in [4.69, 9.17) is 11.6 Å². The minimum Gasteiger partial charge on any atom is -0.348 e. The molecule has 0 aromatic heterocycles. The molecule has 0 spiro atoms. The lowest BCUT2D eigenvalue weighted by Crippen LogP contribution is -2.40. The van der Waals surface area contributed by atoms with Gasteiger partial charge in [-0.2, -0.15) is 0 Å². The van der Waals surface area contributed by atoms with Gasteiger partial charge in [0.05, 0.1) is 10.6 Å². The first-order valence-electron chi connectivity index (χ1n) is 6.48. The Labute approximate surface area is 125 Å². The molecule has 0 bridgehead atoms. The molecule has 2 rings (SSSR count). The lowest BCUT2D eigenvalue weighted by Gasteiger charge is -2.21. The van der Waals surface area contributed by atoms with Gasteiger partial charge in [0, 0.05) is 10.9 Å². The fourth-order valence-electron chi connectivity index (χ4n) is 2.38. The minimum absolute atomic E-state index is 0.0330. The molecule has 2 atom stereocenters. The number of rotatable bonds is 2. The van der Waals surface area contributed by atoms with Crippen LogP contribution in [0.25, 0.3) is 0 Å². The second-order valence-corrected chi connectivity index (χ2v) is 6.41. The van der Waals surface area contributed by atoms with Gasteiger partial charge in [-0.25, -0.2) is 4.39 Å². The van der Waals surface area contributed by atoms with Crippen LogP contribution in [0, 0.1) is 5.82 Å². The molecule has 0 radical (unpaired) electrons. The van der Waals surface area contributed by atoms with Crippen LogP contribution in [0.4, 0.5) is 4.39 Å². The van der Waals surface area contributed by atoms with Gasteiger partial charge in [0.2, 0.25) is 0 Å². The van der Waals surface area contributed by atoms with Crippen molar-refractivity contribution >= 4 is 33.4 Å². The summed E-state index contributed by atoms with van der Waals surface area (Å²) in [6, 6.07) is 4.30. The zero-order chi connectivity index (χ0) is 13.8.